The molecule has 3 atom stereocenters. The Bertz CT molecular complexity index is 376. The molecule has 0 aliphatic carbocycles. The van der Waals surface area contributed by atoms with Gasteiger partial charge in [-0.3, -0.25) is 4.90 Å². The van der Waals surface area contributed by atoms with Crippen LogP contribution in [0.5, 0.6) is 0 Å². The third-order valence-electron chi connectivity index (χ3n) is 4.62. The molecule has 20 heavy (non-hydrogen) atoms. The van der Waals surface area contributed by atoms with E-state index in [9.17, 15) is 0 Å². The lowest BCUT2D eigenvalue weighted by Crippen LogP contribution is -2.57. The molecular formula is C18H30N2. The summed E-state index contributed by atoms with van der Waals surface area (Å²) in [6, 6.07) is 13.0. The zero-order chi connectivity index (χ0) is 14.4. The highest BCUT2D eigenvalue weighted by molar-refractivity contribution is 5.19. The summed E-state index contributed by atoms with van der Waals surface area (Å²) >= 11 is 0. The number of nitrogens with zero attached hydrogens (tertiary/aromatic N) is 1. The van der Waals surface area contributed by atoms with Gasteiger partial charge in [0.25, 0.3) is 0 Å². The van der Waals surface area contributed by atoms with E-state index in [0.29, 0.717) is 18.1 Å². The van der Waals surface area contributed by atoms with E-state index in [1.54, 1.807) is 0 Å². The average Bonchev–Trinajstić information content (AvgIpc) is 2.50. The van der Waals surface area contributed by atoms with Gasteiger partial charge in [0.1, 0.15) is 0 Å². The molecule has 2 heteroatoms. The Morgan fingerprint density at radius 1 is 1.20 bits per heavy atom. The van der Waals surface area contributed by atoms with Gasteiger partial charge in [-0.15, -0.1) is 0 Å². The Morgan fingerprint density at radius 2 is 1.95 bits per heavy atom. The van der Waals surface area contributed by atoms with E-state index in [1.165, 1.54) is 37.8 Å². The molecule has 1 N–H and O–H groups in total. The highest BCUT2D eigenvalue weighted by Gasteiger charge is 2.31. The molecule has 2 rings (SSSR count). The Balaban J connectivity index is 2.15. The van der Waals surface area contributed by atoms with Crippen LogP contribution in [0.2, 0.25) is 0 Å². The number of benzene rings is 1. The molecule has 0 bridgehead atoms. The zero-order valence-corrected chi connectivity index (χ0v) is 13.3. The Hall–Kier alpha value is -0.860. The smallest absolute Gasteiger partial charge is 0.0349 e. The zero-order valence-electron chi connectivity index (χ0n) is 13.3. The van der Waals surface area contributed by atoms with Crippen LogP contribution in [-0.4, -0.2) is 30.1 Å². The molecule has 1 aliphatic rings. The maximum Gasteiger partial charge on any atom is 0.0349 e. The molecule has 0 saturated carbocycles. The van der Waals surface area contributed by atoms with Crippen molar-refractivity contribution >= 4 is 0 Å². The lowest BCUT2D eigenvalue weighted by molar-refractivity contribution is 0.0734. The second-order valence-electron chi connectivity index (χ2n) is 5.99. The van der Waals surface area contributed by atoms with Crippen LogP contribution < -0.4 is 5.32 Å². The second-order valence-corrected chi connectivity index (χ2v) is 5.99. The molecule has 112 valence electrons. The summed E-state index contributed by atoms with van der Waals surface area (Å²) in [5.74, 6) is 0. The average molecular weight is 274 g/mol. The first kappa shape index (κ1) is 15.5. The molecule has 0 spiro atoms. The van der Waals surface area contributed by atoms with Gasteiger partial charge in [0.2, 0.25) is 0 Å². The molecule has 0 aromatic heterocycles. The Labute approximate surface area is 124 Å². The van der Waals surface area contributed by atoms with Crippen LogP contribution in [-0.2, 0) is 0 Å². The molecule has 1 heterocycles. The molecule has 1 saturated heterocycles. The highest BCUT2D eigenvalue weighted by atomic mass is 15.3. The van der Waals surface area contributed by atoms with Crippen molar-refractivity contribution in [3.63, 3.8) is 0 Å². The number of hydrogen-bond donors (Lipinski definition) is 1. The van der Waals surface area contributed by atoms with Gasteiger partial charge >= 0.3 is 0 Å². The molecule has 1 aromatic rings. The molecule has 3 unspecified atom stereocenters. The van der Waals surface area contributed by atoms with Crippen molar-refractivity contribution in [2.45, 2.75) is 64.6 Å². The maximum atomic E-state index is 3.74. The molecule has 0 radical (unpaired) electrons. The summed E-state index contributed by atoms with van der Waals surface area (Å²) in [6.07, 6.45) is 4.98. The fraction of sp³-hybridized carbons (Fsp3) is 0.667. The van der Waals surface area contributed by atoms with Crippen molar-refractivity contribution in [1.82, 2.24) is 10.2 Å². The van der Waals surface area contributed by atoms with E-state index in [1.807, 2.05) is 0 Å². The maximum absolute atomic E-state index is 3.74. The number of rotatable bonds is 6. The largest absolute Gasteiger partial charge is 0.311 e. The number of hydrogen-bond acceptors (Lipinski definition) is 2. The lowest BCUT2D eigenvalue weighted by atomic mass is 9.96. The Morgan fingerprint density at radius 3 is 2.55 bits per heavy atom. The van der Waals surface area contributed by atoms with E-state index < -0.39 is 0 Å². The predicted octanol–water partition coefficient (Wildman–Crippen LogP) is 3.99. The number of piperazine rings is 1. The van der Waals surface area contributed by atoms with Gasteiger partial charge in [-0.25, -0.2) is 0 Å². The Kier molecular flexibility index (Phi) is 6.06. The third kappa shape index (κ3) is 3.62. The fourth-order valence-corrected chi connectivity index (χ4v) is 3.53. The van der Waals surface area contributed by atoms with Crippen LogP contribution in [0.4, 0.5) is 0 Å². The van der Waals surface area contributed by atoms with E-state index in [4.69, 9.17) is 0 Å². The summed E-state index contributed by atoms with van der Waals surface area (Å²) in [6.45, 7) is 9.26. The van der Waals surface area contributed by atoms with Gasteiger partial charge in [-0.1, -0.05) is 57.5 Å². The second kappa shape index (κ2) is 7.80. The van der Waals surface area contributed by atoms with E-state index >= 15 is 0 Å². The number of nitrogens with one attached hydrogen (secondary N) is 1. The first-order chi connectivity index (χ1) is 9.80. The molecule has 0 amide bonds. The van der Waals surface area contributed by atoms with Crippen molar-refractivity contribution in [2.24, 2.45) is 0 Å². The minimum Gasteiger partial charge on any atom is -0.311 e. The van der Waals surface area contributed by atoms with Gasteiger partial charge in [-0.2, -0.15) is 0 Å². The van der Waals surface area contributed by atoms with E-state index in [-0.39, 0.29) is 0 Å². The van der Waals surface area contributed by atoms with Gasteiger partial charge in [0.15, 0.2) is 0 Å². The quantitative estimate of drug-likeness (QED) is 0.844. The predicted molar refractivity (Wildman–Crippen MR) is 87.0 cm³/mol. The monoisotopic (exact) mass is 274 g/mol. The standard InChI is InChI=1S/C18H30N2/c1-4-10-16-14-20(17(5-2)13-19-16)18(6-3)15-11-8-7-9-12-15/h7-9,11-12,16-19H,4-6,10,13-14H2,1-3H3. The first-order valence-corrected chi connectivity index (χ1v) is 8.34. The van der Waals surface area contributed by atoms with Crippen molar-refractivity contribution in [3.05, 3.63) is 35.9 Å². The van der Waals surface area contributed by atoms with Crippen LogP contribution in [0, 0.1) is 0 Å². The van der Waals surface area contributed by atoms with Crippen LogP contribution in [0.15, 0.2) is 30.3 Å². The lowest BCUT2D eigenvalue weighted by Gasteiger charge is -2.44. The summed E-state index contributed by atoms with van der Waals surface area (Å²) in [5.41, 5.74) is 1.48. The SMILES string of the molecule is CCCC1CN(C(CC)c2ccccc2)C(CC)CN1. The molecular weight excluding hydrogens is 244 g/mol. The topological polar surface area (TPSA) is 15.3 Å². The van der Waals surface area contributed by atoms with Crippen molar-refractivity contribution in [1.29, 1.82) is 0 Å². The van der Waals surface area contributed by atoms with Gasteiger partial charge in [-0.05, 0) is 24.8 Å². The fourth-order valence-electron chi connectivity index (χ4n) is 3.53. The van der Waals surface area contributed by atoms with Gasteiger partial charge < -0.3 is 5.32 Å². The van der Waals surface area contributed by atoms with Crippen molar-refractivity contribution in [2.75, 3.05) is 13.1 Å². The van der Waals surface area contributed by atoms with Gasteiger partial charge in [0, 0.05) is 31.2 Å². The van der Waals surface area contributed by atoms with E-state index in [2.05, 4.69) is 61.3 Å². The first-order valence-electron chi connectivity index (χ1n) is 8.34. The molecule has 1 fully saturated rings. The molecule has 1 aromatic carbocycles. The molecule has 2 nitrogen and oxygen atoms in total. The summed E-state index contributed by atoms with van der Waals surface area (Å²) < 4.78 is 0. The third-order valence-corrected chi connectivity index (χ3v) is 4.62. The normalized spacial score (nSPS) is 25.6. The minimum atomic E-state index is 0.572. The summed E-state index contributed by atoms with van der Waals surface area (Å²) in [4.78, 5) is 2.76. The van der Waals surface area contributed by atoms with Crippen LogP contribution >= 0.6 is 0 Å². The van der Waals surface area contributed by atoms with Crippen LogP contribution in [0.3, 0.4) is 0 Å². The highest BCUT2D eigenvalue weighted by Crippen LogP contribution is 2.29. The van der Waals surface area contributed by atoms with Crippen LogP contribution in [0.25, 0.3) is 0 Å². The van der Waals surface area contributed by atoms with Crippen molar-refractivity contribution < 1.29 is 0 Å². The summed E-state index contributed by atoms with van der Waals surface area (Å²) in [7, 11) is 0. The molecule has 1 aliphatic heterocycles. The van der Waals surface area contributed by atoms with Crippen LogP contribution in [0.1, 0.15) is 58.1 Å². The van der Waals surface area contributed by atoms with Gasteiger partial charge in [0.05, 0.1) is 0 Å². The van der Waals surface area contributed by atoms with Crippen molar-refractivity contribution in [3.8, 4) is 0 Å². The van der Waals surface area contributed by atoms with E-state index in [0.717, 1.165) is 6.54 Å². The minimum absolute atomic E-state index is 0.572. The summed E-state index contributed by atoms with van der Waals surface area (Å²) in [5, 5.41) is 3.74.